The van der Waals surface area contributed by atoms with Crippen molar-refractivity contribution >= 4 is 11.7 Å². The Labute approximate surface area is 124 Å². The smallest absolute Gasteiger partial charge is 0.273 e. The highest BCUT2D eigenvalue weighted by atomic mass is 16.2. The molecule has 0 aliphatic carbocycles. The van der Waals surface area contributed by atoms with Crippen LogP contribution in [0.1, 0.15) is 16.1 Å². The summed E-state index contributed by atoms with van der Waals surface area (Å²) >= 11 is 0. The van der Waals surface area contributed by atoms with E-state index in [-0.39, 0.29) is 5.91 Å². The van der Waals surface area contributed by atoms with Crippen LogP contribution in [0, 0.1) is 0 Å². The summed E-state index contributed by atoms with van der Waals surface area (Å²) in [5.41, 5.74) is 1.53. The van der Waals surface area contributed by atoms with Crippen LogP contribution in [0.15, 0.2) is 24.5 Å². The maximum absolute atomic E-state index is 11.7. The molecule has 2 rings (SSSR count). The van der Waals surface area contributed by atoms with Crippen molar-refractivity contribution in [1.29, 1.82) is 0 Å². The Morgan fingerprint density at radius 2 is 2.00 bits per heavy atom. The second kappa shape index (κ2) is 6.34. The maximum Gasteiger partial charge on any atom is 0.273 e. The van der Waals surface area contributed by atoms with Gasteiger partial charge in [0.05, 0.1) is 6.20 Å². The van der Waals surface area contributed by atoms with Crippen molar-refractivity contribution in [1.82, 2.24) is 24.9 Å². The van der Waals surface area contributed by atoms with Crippen LogP contribution < -0.4 is 4.90 Å². The first kappa shape index (κ1) is 15.0. The van der Waals surface area contributed by atoms with Crippen molar-refractivity contribution in [2.45, 2.75) is 6.42 Å². The SMILES string of the molecule is CN(C)C(=O)c1ccc(N(C)CCc2cnn(C)c2)nn1. The topological polar surface area (TPSA) is 67.2 Å². The number of likely N-dealkylation sites (N-methyl/N-ethyl adjacent to an activating group) is 1. The minimum atomic E-state index is -0.146. The van der Waals surface area contributed by atoms with Gasteiger partial charge in [0.25, 0.3) is 5.91 Å². The molecule has 0 aliphatic rings. The fraction of sp³-hybridized carbons (Fsp3) is 0.429. The summed E-state index contributed by atoms with van der Waals surface area (Å²) in [5.74, 6) is 0.598. The molecule has 0 fully saturated rings. The Kier molecular flexibility index (Phi) is 4.52. The molecule has 0 saturated carbocycles. The molecule has 0 aromatic carbocycles. The van der Waals surface area contributed by atoms with Crippen LogP contribution in [0.2, 0.25) is 0 Å². The van der Waals surface area contributed by atoms with E-state index in [1.165, 1.54) is 10.5 Å². The number of rotatable bonds is 5. The van der Waals surface area contributed by atoms with Gasteiger partial charge in [-0.25, -0.2) is 0 Å². The zero-order valence-corrected chi connectivity index (χ0v) is 12.8. The van der Waals surface area contributed by atoms with Crippen LogP contribution in [0.25, 0.3) is 0 Å². The van der Waals surface area contributed by atoms with Gasteiger partial charge in [0.2, 0.25) is 0 Å². The minimum Gasteiger partial charge on any atom is -0.358 e. The molecule has 2 heterocycles. The Morgan fingerprint density at radius 1 is 1.24 bits per heavy atom. The average molecular weight is 288 g/mol. The van der Waals surface area contributed by atoms with E-state index in [4.69, 9.17) is 0 Å². The minimum absolute atomic E-state index is 0.146. The van der Waals surface area contributed by atoms with Gasteiger partial charge in [-0.15, -0.1) is 10.2 Å². The number of aromatic nitrogens is 4. The highest BCUT2D eigenvalue weighted by Gasteiger charge is 2.11. The number of carbonyl (C=O) groups is 1. The third-order valence-electron chi connectivity index (χ3n) is 3.16. The molecule has 21 heavy (non-hydrogen) atoms. The number of aryl methyl sites for hydroxylation is 1. The zero-order valence-electron chi connectivity index (χ0n) is 12.8. The van der Waals surface area contributed by atoms with Crippen molar-refractivity contribution in [3.05, 3.63) is 35.8 Å². The molecule has 7 nitrogen and oxygen atoms in total. The first-order valence-corrected chi connectivity index (χ1v) is 6.71. The van der Waals surface area contributed by atoms with Crippen LogP contribution in [-0.2, 0) is 13.5 Å². The molecule has 2 aromatic heterocycles. The van der Waals surface area contributed by atoms with Crippen molar-refractivity contribution in [2.24, 2.45) is 7.05 Å². The van der Waals surface area contributed by atoms with Crippen LogP contribution in [0.3, 0.4) is 0 Å². The summed E-state index contributed by atoms with van der Waals surface area (Å²) in [5, 5.41) is 12.2. The van der Waals surface area contributed by atoms with Gasteiger partial charge in [-0.3, -0.25) is 9.48 Å². The molecule has 0 unspecified atom stereocenters. The number of anilines is 1. The van der Waals surface area contributed by atoms with E-state index >= 15 is 0 Å². The lowest BCUT2D eigenvalue weighted by Crippen LogP contribution is -2.25. The van der Waals surface area contributed by atoms with Crippen LogP contribution in [0.4, 0.5) is 5.82 Å². The molecule has 0 aliphatic heterocycles. The molecule has 0 radical (unpaired) electrons. The predicted octanol–water partition coefficient (Wildman–Crippen LogP) is 0.591. The molecule has 0 bridgehead atoms. The van der Waals surface area contributed by atoms with Crippen LogP contribution >= 0.6 is 0 Å². The van der Waals surface area contributed by atoms with Gasteiger partial charge in [0.1, 0.15) is 0 Å². The lowest BCUT2D eigenvalue weighted by Gasteiger charge is -2.17. The summed E-state index contributed by atoms with van der Waals surface area (Å²) in [7, 11) is 7.24. The van der Waals surface area contributed by atoms with E-state index in [0.29, 0.717) is 5.69 Å². The lowest BCUT2D eigenvalue weighted by molar-refractivity contribution is 0.0821. The summed E-state index contributed by atoms with van der Waals surface area (Å²) in [4.78, 5) is 15.2. The van der Waals surface area contributed by atoms with Crippen molar-refractivity contribution in [3.8, 4) is 0 Å². The molecule has 1 amide bonds. The Morgan fingerprint density at radius 3 is 2.52 bits per heavy atom. The van der Waals surface area contributed by atoms with E-state index < -0.39 is 0 Å². The van der Waals surface area contributed by atoms with Gasteiger partial charge in [-0.05, 0) is 24.1 Å². The third kappa shape index (κ3) is 3.77. The van der Waals surface area contributed by atoms with E-state index in [1.807, 2.05) is 37.5 Å². The van der Waals surface area contributed by atoms with Crippen molar-refractivity contribution in [3.63, 3.8) is 0 Å². The highest BCUT2D eigenvalue weighted by Crippen LogP contribution is 2.09. The molecule has 0 spiro atoms. The van der Waals surface area contributed by atoms with Crippen molar-refractivity contribution < 1.29 is 4.79 Å². The molecular weight excluding hydrogens is 268 g/mol. The molecule has 112 valence electrons. The second-order valence-corrected chi connectivity index (χ2v) is 5.17. The highest BCUT2D eigenvalue weighted by molar-refractivity contribution is 5.91. The number of nitrogens with zero attached hydrogens (tertiary/aromatic N) is 6. The molecule has 7 heteroatoms. The first-order valence-electron chi connectivity index (χ1n) is 6.71. The molecular formula is C14H20N6O. The second-order valence-electron chi connectivity index (χ2n) is 5.17. The van der Waals surface area contributed by atoms with E-state index in [9.17, 15) is 4.79 Å². The average Bonchev–Trinajstić information content (AvgIpc) is 2.89. The number of carbonyl (C=O) groups excluding carboxylic acids is 1. The molecule has 0 atom stereocenters. The van der Waals surface area contributed by atoms with E-state index in [1.54, 1.807) is 24.8 Å². The quantitative estimate of drug-likeness (QED) is 0.805. The van der Waals surface area contributed by atoms with Gasteiger partial charge in [0, 0.05) is 40.9 Å². The van der Waals surface area contributed by atoms with E-state index in [0.717, 1.165) is 18.8 Å². The molecule has 0 saturated heterocycles. The summed E-state index contributed by atoms with van der Waals surface area (Å²) < 4.78 is 1.79. The standard InChI is InChI=1S/C14H20N6O/c1-18(2)14(21)12-5-6-13(17-16-12)19(3)8-7-11-9-15-20(4)10-11/h5-6,9-10H,7-8H2,1-4H3. The molecule has 2 aromatic rings. The van der Waals surface area contributed by atoms with Gasteiger partial charge in [-0.1, -0.05) is 0 Å². The number of hydrogen-bond acceptors (Lipinski definition) is 5. The third-order valence-corrected chi connectivity index (χ3v) is 3.16. The first-order chi connectivity index (χ1) is 9.97. The van der Waals surface area contributed by atoms with Crippen LogP contribution in [0.5, 0.6) is 0 Å². The fourth-order valence-corrected chi connectivity index (χ4v) is 1.88. The Balaban J connectivity index is 1.96. The van der Waals surface area contributed by atoms with Crippen molar-refractivity contribution in [2.75, 3.05) is 32.6 Å². The van der Waals surface area contributed by atoms with Gasteiger partial charge in [-0.2, -0.15) is 5.10 Å². The summed E-state index contributed by atoms with van der Waals surface area (Å²) in [6.07, 6.45) is 4.74. The van der Waals surface area contributed by atoms with Gasteiger partial charge >= 0.3 is 0 Å². The van der Waals surface area contributed by atoms with Crippen LogP contribution in [-0.4, -0.2) is 58.5 Å². The zero-order chi connectivity index (χ0) is 15.4. The Hall–Kier alpha value is -2.44. The fourth-order valence-electron chi connectivity index (χ4n) is 1.88. The van der Waals surface area contributed by atoms with Gasteiger partial charge < -0.3 is 9.80 Å². The van der Waals surface area contributed by atoms with E-state index in [2.05, 4.69) is 15.3 Å². The largest absolute Gasteiger partial charge is 0.358 e. The lowest BCUT2D eigenvalue weighted by atomic mass is 10.2. The normalized spacial score (nSPS) is 10.5. The van der Waals surface area contributed by atoms with Gasteiger partial charge in [0.15, 0.2) is 11.5 Å². The predicted molar refractivity (Wildman–Crippen MR) is 80.2 cm³/mol. The number of amides is 1. The molecule has 0 N–H and O–H groups in total. The summed E-state index contributed by atoms with van der Waals surface area (Å²) in [6.45, 7) is 0.807. The number of hydrogen-bond donors (Lipinski definition) is 0. The summed E-state index contributed by atoms with van der Waals surface area (Å²) in [6, 6.07) is 3.51. The maximum atomic E-state index is 11.7. The Bertz CT molecular complexity index is 604. The monoisotopic (exact) mass is 288 g/mol.